The van der Waals surface area contributed by atoms with Crippen LogP contribution in [0.3, 0.4) is 0 Å². The zero-order valence-electron chi connectivity index (χ0n) is 6.86. The fraction of sp³-hybridized carbons (Fsp3) is 0.111. The predicted molar refractivity (Wildman–Crippen MR) is 46.9 cm³/mol. The van der Waals surface area contributed by atoms with E-state index in [1.165, 1.54) is 0 Å². The van der Waals surface area contributed by atoms with Crippen molar-refractivity contribution in [3.63, 3.8) is 0 Å². The van der Waals surface area contributed by atoms with Crippen LogP contribution in [0.4, 0.5) is 0 Å². The summed E-state index contributed by atoms with van der Waals surface area (Å²) in [4.78, 5) is 17.0. The predicted octanol–water partition coefficient (Wildman–Crippen LogP) is 1.24. The Balaban J connectivity index is 2.31. The van der Waals surface area contributed by atoms with Crippen LogP contribution < -0.4 is 0 Å². The summed E-state index contributed by atoms with van der Waals surface area (Å²) in [6, 6.07) is 5.69. The van der Waals surface area contributed by atoms with Gasteiger partial charge in [-0.05, 0) is 17.7 Å². The zero-order valence-corrected chi connectivity index (χ0v) is 6.86. The molecule has 4 nitrogen and oxygen atoms in total. The number of nitrogens with zero attached hydrogens (tertiary/aromatic N) is 1. The molecule has 2 aromatic rings. The summed E-state index contributed by atoms with van der Waals surface area (Å²) < 4.78 is 4.63. The van der Waals surface area contributed by atoms with Gasteiger partial charge in [-0.2, -0.15) is 0 Å². The first-order valence-corrected chi connectivity index (χ1v) is 3.87. The van der Waals surface area contributed by atoms with Crippen molar-refractivity contribution in [3.8, 4) is 0 Å². The molecule has 0 amide bonds. The minimum atomic E-state index is 0.298. The van der Waals surface area contributed by atoms with E-state index in [1.54, 1.807) is 6.33 Å². The number of carbonyl (C=O) groups is 1. The van der Waals surface area contributed by atoms with Crippen LogP contribution in [-0.4, -0.2) is 16.4 Å². The highest BCUT2D eigenvalue weighted by atomic mass is 16.5. The van der Waals surface area contributed by atoms with E-state index in [1.807, 2.05) is 18.2 Å². The molecular formula is C9H8N2O2. The molecule has 66 valence electrons. The van der Waals surface area contributed by atoms with Crippen molar-refractivity contribution in [1.82, 2.24) is 9.97 Å². The van der Waals surface area contributed by atoms with Crippen LogP contribution in [0.2, 0.25) is 0 Å². The van der Waals surface area contributed by atoms with Gasteiger partial charge in [0, 0.05) is 0 Å². The molecule has 0 aliphatic carbocycles. The fourth-order valence-electron chi connectivity index (χ4n) is 1.20. The van der Waals surface area contributed by atoms with Crippen LogP contribution in [0.1, 0.15) is 5.56 Å². The molecule has 0 aliphatic rings. The summed E-state index contributed by atoms with van der Waals surface area (Å²) in [5, 5.41) is 0. The Morgan fingerprint density at radius 1 is 1.54 bits per heavy atom. The van der Waals surface area contributed by atoms with Gasteiger partial charge in [0.2, 0.25) is 0 Å². The van der Waals surface area contributed by atoms with Crippen LogP contribution in [0.5, 0.6) is 0 Å². The number of fused-ring (bicyclic) bond motifs is 1. The van der Waals surface area contributed by atoms with E-state index in [4.69, 9.17) is 0 Å². The number of ether oxygens (including phenoxy) is 1. The van der Waals surface area contributed by atoms with Crippen molar-refractivity contribution >= 4 is 17.5 Å². The Morgan fingerprint density at radius 3 is 3.31 bits per heavy atom. The van der Waals surface area contributed by atoms with Gasteiger partial charge in [0.05, 0.1) is 17.4 Å². The maximum atomic E-state index is 9.95. The molecule has 0 spiro atoms. The van der Waals surface area contributed by atoms with Gasteiger partial charge in [0.15, 0.2) is 0 Å². The van der Waals surface area contributed by atoms with Gasteiger partial charge in [-0.3, -0.25) is 4.79 Å². The molecule has 2 rings (SSSR count). The lowest BCUT2D eigenvalue weighted by molar-refractivity contribution is -0.129. The lowest BCUT2D eigenvalue weighted by Crippen LogP contribution is -1.89. The van der Waals surface area contributed by atoms with Crippen molar-refractivity contribution in [1.29, 1.82) is 0 Å². The molecule has 1 heterocycles. The average molecular weight is 176 g/mol. The summed E-state index contributed by atoms with van der Waals surface area (Å²) in [6.07, 6.45) is 1.63. The van der Waals surface area contributed by atoms with E-state index in [0.717, 1.165) is 16.6 Å². The molecule has 0 saturated carbocycles. The van der Waals surface area contributed by atoms with E-state index in [0.29, 0.717) is 13.1 Å². The third-order valence-corrected chi connectivity index (χ3v) is 1.80. The Morgan fingerprint density at radius 2 is 2.46 bits per heavy atom. The number of aromatic nitrogens is 2. The summed E-state index contributed by atoms with van der Waals surface area (Å²) in [5.74, 6) is 0. The second-order valence-corrected chi connectivity index (χ2v) is 2.66. The Kier molecular flexibility index (Phi) is 1.96. The standard InChI is InChI=1S/C9H8N2O2/c12-6-13-4-7-1-2-8-9(3-7)11-5-10-8/h1-3,5-6H,4H2,(H,10,11). The van der Waals surface area contributed by atoms with Crippen molar-refractivity contribution in [2.75, 3.05) is 0 Å². The van der Waals surface area contributed by atoms with Gasteiger partial charge < -0.3 is 9.72 Å². The van der Waals surface area contributed by atoms with E-state index >= 15 is 0 Å². The molecule has 0 radical (unpaired) electrons. The number of hydrogen-bond acceptors (Lipinski definition) is 3. The van der Waals surface area contributed by atoms with E-state index in [-0.39, 0.29) is 0 Å². The SMILES string of the molecule is O=COCc1ccc2[nH]cnc2c1. The molecule has 1 aromatic heterocycles. The number of H-pyrrole nitrogens is 1. The molecule has 4 heteroatoms. The molecule has 0 bridgehead atoms. The average Bonchev–Trinajstić information content (AvgIpc) is 2.61. The number of nitrogens with one attached hydrogen (secondary N) is 1. The molecule has 13 heavy (non-hydrogen) atoms. The van der Waals surface area contributed by atoms with Gasteiger partial charge in [0.1, 0.15) is 6.61 Å². The monoisotopic (exact) mass is 176 g/mol. The molecule has 1 aromatic carbocycles. The van der Waals surface area contributed by atoms with Gasteiger partial charge in [-0.15, -0.1) is 0 Å². The van der Waals surface area contributed by atoms with Crippen molar-refractivity contribution in [2.45, 2.75) is 6.61 Å². The highest BCUT2D eigenvalue weighted by Gasteiger charge is 1.97. The second-order valence-electron chi connectivity index (χ2n) is 2.66. The van der Waals surface area contributed by atoms with Gasteiger partial charge in [-0.25, -0.2) is 4.98 Å². The minimum absolute atomic E-state index is 0.298. The van der Waals surface area contributed by atoms with Gasteiger partial charge >= 0.3 is 0 Å². The normalized spacial score (nSPS) is 10.2. The molecule has 0 fully saturated rings. The fourth-order valence-corrected chi connectivity index (χ4v) is 1.20. The smallest absolute Gasteiger partial charge is 0.293 e. The Hall–Kier alpha value is -1.84. The molecule has 1 N–H and O–H groups in total. The van der Waals surface area contributed by atoms with Crippen LogP contribution in [0.25, 0.3) is 11.0 Å². The molecule has 0 saturated heterocycles. The number of carbonyl (C=O) groups excluding carboxylic acids is 1. The van der Waals surface area contributed by atoms with E-state index in [2.05, 4.69) is 14.7 Å². The minimum Gasteiger partial charge on any atom is -0.463 e. The third-order valence-electron chi connectivity index (χ3n) is 1.80. The maximum absolute atomic E-state index is 9.95. The maximum Gasteiger partial charge on any atom is 0.293 e. The lowest BCUT2D eigenvalue weighted by Gasteiger charge is -1.98. The highest BCUT2D eigenvalue weighted by Crippen LogP contribution is 2.11. The Bertz CT molecular complexity index is 422. The molecule has 0 unspecified atom stereocenters. The van der Waals surface area contributed by atoms with Crippen LogP contribution in [0, 0.1) is 0 Å². The van der Waals surface area contributed by atoms with Crippen molar-refractivity contribution < 1.29 is 9.53 Å². The first-order valence-electron chi connectivity index (χ1n) is 3.87. The van der Waals surface area contributed by atoms with E-state index in [9.17, 15) is 4.79 Å². The van der Waals surface area contributed by atoms with Gasteiger partial charge in [-0.1, -0.05) is 6.07 Å². The highest BCUT2D eigenvalue weighted by molar-refractivity contribution is 5.74. The first kappa shape index (κ1) is 7.79. The summed E-state index contributed by atoms with van der Waals surface area (Å²) >= 11 is 0. The number of aromatic amines is 1. The molecule has 0 atom stereocenters. The van der Waals surface area contributed by atoms with Crippen molar-refractivity contribution in [3.05, 3.63) is 30.1 Å². The van der Waals surface area contributed by atoms with Gasteiger partial charge in [0.25, 0.3) is 6.47 Å². The summed E-state index contributed by atoms with van der Waals surface area (Å²) in [6.45, 7) is 0.737. The van der Waals surface area contributed by atoms with Crippen LogP contribution in [0.15, 0.2) is 24.5 Å². The van der Waals surface area contributed by atoms with Crippen molar-refractivity contribution in [2.24, 2.45) is 0 Å². The summed E-state index contributed by atoms with van der Waals surface area (Å²) in [5.41, 5.74) is 2.80. The topological polar surface area (TPSA) is 55.0 Å². The largest absolute Gasteiger partial charge is 0.463 e. The number of benzene rings is 1. The number of imidazole rings is 1. The quantitative estimate of drug-likeness (QED) is 0.716. The summed E-state index contributed by atoms with van der Waals surface area (Å²) in [7, 11) is 0. The van der Waals surface area contributed by atoms with E-state index < -0.39 is 0 Å². The third kappa shape index (κ3) is 1.51. The lowest BCUT2D eigenvalue weighted by atomic mass is 10.2. The first-order chi connectivity index (χ1) is 6.40. The molecule has 0 aliphatic heterocycles. The Labute approximate surface area is 74.5 Å². The van der Waals surface area contributed by atoms with Crippen LogP contribution >= 0.6 is 0 Å². The number of rotatable bonds is 3. The zero-order chi connectivity index (χ0) is 9.10. The van der Waals surface area contributed by atoms with Crippen LogP contribution in [-0.2, 0) is 16.1 Å². The second kappa shape index (κ2) is 3.26. The molecular weight excluding hydrogens is 168 g/mol. The number of hydrogen-bond donors (Lipinski definition) is 1.